The van der Waals surface area contributed by atoms with Crippen LogP contribution in [0.5, 0.6) is 5.75 Å². The Morgan fingerprint density at radius 2 is 2.12 bits per heavy atom. The molecule has 1 saturated carbocycles. The van der Waals surface area contributed by atoms with Gasteiger partial charge in [-0.1, -0.05) is 29.8 Å². The fourth-order valence-corrected chi connectivity index (χ4v) is 10.4. The molecule has 2 bridgehead atoms. The first-order chi connectivity index (χ1) is 23.7. The SMILES string of the molecule is CO[C@H]1/C=C/CCC[S@@](=O)(NC(=O)CCc2nccs2)=NC(=O)c2ccc3c(c2)N(C[C@@H]2CC[C@H]21)C[C@@]1(CCCc2cc(Cl)ccc21)CO3. The Labute approximate surface area is 297 Å². The quantitative estimate of drug-likeness (QED) is 0.285. The van der Waals surface area contributed by atoms with Crippen LogP contribution in [-0.2, 0) is 37.7 Å². The lowest BCUT2D eigenvalue weighted by atomic mass is 9.68. The van der Waals surface area contributed by atoms with Gasteiger partial charge in [-0.25, -0.2) is 9.19 Å². The molecular formula is C37H43ClN4O5S2. The van der Waals surface area contributed by atoms with Gasteiger partial charge in [0.2, 0.25) is 5.91 Å². The first kappa shape index (κ1) is 34.2. The number of nitrogens with one attached hydrogen (secondary N) is 1. The third kappa shape index (κ3) is 7.45. The highest BCUT2D eigenvalue weighted by atomic mass is 35.5. The number of methoxy groups -OCH3 is 1. The number of hydrogen-bond acceptors (Lipinski definition) is 8. The second-order valence-corrected chi connectivity index (χ2v) is 17.2. The summed E-state index contributed by atoms with van der Waals surface area (Å²) in [5, 5.41) is 3.42. The summed E-state index contributed by atoms with van der Waals surface area (Å²) in [4.78, 5) is 33.4. The van der Waals surface area contributed by atoms with E-state index in [0.717, 1.165) is 60.9 Å². The second-order valence-electron chi connectivity index (χ2n) is 13.8. The summed E-state index contributed by atoms with van der Waals surface area (Å²) >= 11 is 7.91. The van der Waals surface area contributed by atoms with Crippen molar-refractivity contribution in [1.29, 1.82) is 0 Å². The van der Waals surface area contributed by atoms with Crippen molar-refractivity contribution in [3.05, 3.63) is 86.8 Å². The molecule has 1 spiro atoms. The molecule has 4 aliphatic rings. The Hall–Kier alpha value is -3.25. The van der Waals surface area contributed by atoms with Crippen LogP contribution in [0.15, 0.2) is 64.5 Å². The molecule has 5 atom stereocenters. The van der Waals surface area contributed by atoms with Gasteiger partial charge in [-0.2, -0.15) is 0 Å². The van der Waals surface area contributed by atoms with Gasteiger partial charge in [0.15, 0.2) is 0 Å². The van der Waals surface area contributed by atoms with Gasteiger partial charge in [0.05, 0.1) is 29.2 Å². The zero-order valence-corrected chi connectivity index (χ0v) is 30.2. The Morgan fingerprint density at radius 3 is 2.92 bits per heavy atom. The van der Waals surface area contributed by atoms with Crippen molar-refractivity contribution in [2.45, 2.75) is 69.3 Å². The van der Waals surface area contributed by atoms with Gasteiger partial charge < -0.3 is 14.4 Å². The minimum absolute atomic E-state index is 0.0339. The molecule has 1 N–H and O–H groups in total. The van der Waals surface area contributed by atoms with Gasteiger partial charge in [-0.05, 0) is 98.2 Å². The van der Waals surface area contributed by atoms with Gasteiger partial charge in [-0.3, -0.25) is 14.3 Å². The summed E-state index contributed by atoms with van der Waals surface area (Å²) < 4.78 is 33.7. The van der Waals surface area contributed by atoms with E-state index in [0.29, 0.717) is 49.0 Å². The van der Waals surface area contributed by atoms with Crippen LogP contribution in [0.2, 0.25) is 5.02 Å². The Bertz CT molecular complexity index is 1860. The number of benzene rings is 2. The smallest absolute Gasteiger partial charge is 0.286 e. The van der Waals surface area contributed by atoms with Gasteiger partial charge in [-0.15, -0.1) is 15.7 Å². The first-order valence-electron chi connectivity index (χ1n) is 17.2. The highest BCUT2D eigenvalue weighted by molar-refractivity contribution is 7.92. The summed E-state index contributed by atoms with van der Waals surface area (Å²) in [6.45, 7) is 2.04. The highest BCUT2D eigenvalue weighted by Gasteiger charge is 2.44. The maximum Gasteiger partial charge on any atom is 0.286 e. The maximum absolute atomic E-state index is 14.2. The lowest BCUT2D eigenvalue weighted by molar-refractivity contribution is -0.119. The van der Waals surface area contributed by atoms with E-state index >= 15 is 0 Å². The van der Waals surface area contributed by atoms with Crippen LogP contribution in [0, 0.1) is 11.8 Å². The van der Waals surface area contributed by atoms with Gasteiger partial charge in [0, 0.05) is 60.6 Å². The number of carbonyl (C=O) groups is 2. The number of halogens is 1. The van der Waals surface area contributed by atoms with E-state index in [2.05, 4.69) is 43.3 Å². The van der Waals surface area contributed by atoms with Crippen molar-refractivity contribution in [3.63, 3.8) is 0 Å². The van der Waals surface area contributed by atoms with E-state index in [9.17, 15) is 13.8 Å². The number of nitrogens with zero attached hydrogens (tertiary/aromatic N) is 3. The average molecular weight is 723 g/mol. The number of fused-ring (bicyclic) bond motifs is 4. The molecular weight excluding hydrogens is 680 g/mol. The number of anilines is 1. The number of amides is 2. The normalized spacial score (nSPS) is 29.0. The van der Waals surface area contributed by atoms with Crippen molar-refractivity contribution < 1.29 is 23.3 Å². The number of thiazole rings is 1. The van der Waals surface area contributed by atoms with Crippen molar-refractivity contribution >= 4 is 50.4 Å². The Balaban J connectivity index is 1.25. The Morgan fingerprint density at radius 1 is 1.22 bits per heavy atom. The molecule has 0 saturated heterocycles. The highest BCUT2D eigenvalue weighted by Crippen LogP contribution is 2.47. The van der Waals surface area contributed by atoms with Crippen LogP contribution in [0.4, 0.5) is 5.69 Å². The number of aromatic nitrogens is 1. The molecule has 0 radical (unpaired) electrons. The number of hydrogen-bond donors (Lipinski definition) is 1. The number of rotatable bonds is 5. The summed E-state index contributed by atoms with van der Waals surface area (Å²) in [6.07, 6.45) is 12.7. The standard InChI is InChI=1S/C37H43ClN4O5S2/c1-46-32-7-3-2-4-19-49(45,40-34(43)14-15-35-39-17-18-48-35)41-36(44)26-9-13-33-31(21-26)42(22-27-8-11-29(27)32)23-37(24-47-33)16-5-6-25-20-28(38)10-12-30(25)37/h3,7,9-10,12-13,17-18,20-21,27,29,32H,2,4-6,8,11,14-16,19,22-24H2,1H3,(H,40,41,43,44,45)/b7-3+/t27-,29+,32-,37-,49+/m0/s1. The van der Waals surface area contributed by atoms with E-state index in [1.807, 2.05) is 23.6 Å². The Kier molecular flexibility index (Phi) is 10.2. The third-order valence-electron chi connectivity index (χ3n) is 10.6. The summed E-state index contributed by atoms with van der Waals surface area (Å²) in [5.74, 6) is 0.497. The second kappa shape index (κ2) is 14.5. The average Bonchev–Trinajstić information content (AvgIpc) is 3.55. The molecule has 3 heterocycles. The molecule has 1 aromatic heterocycles. The first-order valence-corrected chi connectivity index (χ1v) is 20.2. The van der Waals surface area contributed by atoms with E-state index in [1.165, 1.54) is 22.5 Å². The zero-order valence-electron chi connectivity index (χ0n) is 27.8. The fraction of sp³-hybridized carbons (Fsp3) is 0.486. The molecule has 2 aliphatic carbocycles. The lowest BCUT2D eigenvalue weighted by Gasteiger charge is -2.46. The molecule has 49 heavy (non-hydrogen) atoms. The van der Waals surface area contributed by atoms with E-state index in [1.54, 1.807) is 19.4 Å². The number of allylic oxidation sites excluding steroid dienone is 1. The molecule has 9 nitrogen and oxygen atoms in total. The van der Waals surface area contributed by atoms with Crippen LogP contribution in [-0.4, -0.2) is 59.7 Å². The van der Waals surface area contributed by atoms with Crippen molar-refractivity contribution in [2.75, 3.05) is 37.5 Å². The maximum atomic E-state index is 14.2. The number of ether oxygens (including phenoxy) is 2. The van der Waals surface area contributed by atoms with Gasteiger partial charge in [0.1, 0.15) is 15.7 Å². The molecule has 2 aliphatic heterocycles. The van der Waals surface area contributed by atoms with Crippen LogP contribution >= 0.6 is 22.9 Å². The molecule has 260 valence electrons. The molecule has 1 fully saturated rings. The summed E-state index contributed by atoms with van der Waals surface area (Å²) in [7, 11) is -1.63. The summed E-state index contributed by atoms with van der Waals surface area (Å²) in [6, 6.07) is 11.6. The van der Waals surface area contributed by atoms with Gasteiger partial charge >= 0.3 is 0 Å². The predicted octanol–water partition coefficient (Wildman–Crippen LogP) is 6.93. The van der Waals surface area contributed by atoms with Crippen molar-refractivity contribution in [1.82, 2.24) is 9.71 Å². The molecule has 7 rings (SSSR count). The molecule has 0 unspecified atom stereocenters. The van der Waals surface area contributed by atoms with Crippen LogP contribution < -0.4 is 14.4 Å². The predicted molar refractivity (Wildman–Crippen MR) is 194 cm³/mol. The molecule has 2 amide bonds. The van der Waals surface area contributed by atoms with Crippen molar-refractivity contribution in [3.8, 4) is 5.75 Å². The molecule has 2 aromatic carbocycles. The zero-order chi connectivity index (χ0) is 34.0. The monoisotopic (exact) mass is 722 g/mol. The van der Waals surface area contributed by atoms with E-state index in [4.69, 9.17) is 21.1 Å². The summed E-state index contributed by atoms with van der Waals surface area (Å²) in [5.41, 5.74) is 3.45. The van der Waals surface area contributed by atoms with E-state index < -0.39 is 21.7 Å². The third-order valence-corrected chi connectivity index (χ3v) is 13.5. The number of carbonyl (C=O) groups excluding carboxylic acids is 2. The molecule has 3 aromatic rings. The largest absolute Gasteiger partial charge is 0.490 e. The van der Waals surface area contributed by atoms with Crippen LogP contribution in [0.1, 0.15) is 71.4 Å². The lowest BCUT2D eigenvalue weighted by Crippen LogP contribution is -2.49. The fourth-order valence-electron chi connectivity index (χ4n) is 7.94. The molecule has 12 heteroatoms. The van der Waals surface area contributed by atoms with Crippen LogP contribution in [0.3, 0.4) is 0 Å². The minimum Gasteiger partial charge on any atom is -0.490 e. The van der Waals surface area contributed by atoms with Gasteiger partial charge in [0.25, 0.3) is 5.91 Å². The van der Waals surface area contributed by atoms with E-state index in [-0.39, 0.29) is 23.7 Å². The topological polar surface area (TPSA) is 110 Å². The van der Waals surface area contributed by atoms with Crippen LogP contribution in [0.25, 0.3) is 0 Å². The minimum atomic E-state index is -3.40. The van der Waals surface area contributed by atoms with Crippen molar-refractivity contribution in [2.24, 2.45) is 16.2 Å². The number of aryl methyl sites for hydroxylation is 2.